The molecule has 0 radical (unpaired) electrons. The van der Waals surface area contributed by atoms with Gasteiger partial charge in [0.05, 0.1) is 7.11 Å². The molecule has 1 aliphatic rings. The number of benzene rings is 2. The number of aryl methyl sites for hydroxylation is 2. The van der Waals surface area contributed by atoms with E-state index in [1.807, 2.05) is 58.0 Å². The summed E-state index contributed by atoms with van der Waals surface area (Å²) < 4.78 is 11.3. The molecule has 0 bridgehead atoms. The van der Waals surface area contributed by atoms with Gasteiger partial charge in [0.15, 0.2) is 6.61 Å². The van der Waals surface area contributed by atoms with E-state index in [9.17, 15) is 9.59 Å². The number of ether oxygens (including phenoxy) is 2. The zero-order valence-electron chi connectivity index (χ0n) is 21.1. The van der Waals surface area contributed by atoms with Gasteiger partial charge in [-0.25, -0.2) is 0 Å². The number of methoxy groups -OCH3 is 1. The largest absolute Gasteiger partial charge is 0.497 e. The van der Waals surface area contributed by atoms with Crippen molar-refractivity contribution in [2.75, 3.05) is 13.7 Å². The van der Waals surface area contributed by atoms with Crippen LogP contribution in [-0.2, 0) is 16.1 Å². The number of carbonyl (C=O) groups excluding carboxylic acids is 2. The molecule has 0 aliphatic heterocycles. The van der Waals surface area contributed by atoms with Crippen LogP contribution in [0.2, 0.25) is 0 Å². The first-order valence-electron chi connectivity index (χ1n) is 12.3. The lowest BCUT2D eigenvalue weighted by molar-refractivity contribution is -0.143. The average Bonchev–Trinajstić information content (AvgIpc) is 3.33. The molecule has 0 saturated heterocycles. The van der Waals surface area contributed by atoms with Crippen LogP contribution >= 0.6 is 0 Å². The maximum Gasteiger partial charge on any atom is 0.261 e. The normalized spacial score (nSPS) is 14.5. The molecule has 0 aromatic heterocycles. The van der Waals surface area contributed by atoms with Crippen molar-refractivity contribution in [2.45, 2.75) is 78.4 Å². The molecule has 1 unspecified atom stereocenters. The van der Waals surface area contributed by atoms with E-state index in [1.54, 1.807) is 12.0 Å². The highest BCUT2D eigenvalue weighted by Gasteiger charge is 2.31. The molecule has 34 heavy (non-hydrogen) atoms. The Morgan fingerprint density at radius 1 is 1.12 bits per heavy atom. The summed E-state index contributed by atoms with van der Waals surface area (Å²) >= 11 is 0. The molecule has 6 nitrogen and oxygen atoms in total. The van der Waals surface area contributed by atoms with Crippen molar-refractivity contribution >= 4 is 11.8 Å². The first-order chi connectivity index (χ1) is 16.3. The molecule has 2 aromatic rings. The summed E-state index contributed by atoms with van der Waals surface area (Å²) in [6, 6.07) is 11.3. The topological polar surface area (TPSA) is 67.9 Å². The number of rotatable bonds is 10. The van der Waals surface area contributed by atoms with E-state index in [1.165, 1.54) is 0 Å². The summed E-state index contributed by atoms with van der Waals surface area (Å²) in [5.74, 6) is 1.12. The van der Waals surface area contributed by atoms with E-state index in [4.69, 9.17) is 9.47 Å². The van der Waals surface area contributed by atoms with E-state index < -0.39 is 6.04 Å². The Kier molecular flexibility index (Phi) is 8.97. The lowest BCUT2D eigenvalue weighted by Gasteiger charge is -2.31. The van der Waals surface area contributed by atoms with Crippen LogP contribution < -0.4 is 14.8 Å². The number of nitrogens with one attached hydrogen (secondary N) is 1. The van der Waals surface area contributed by atoms with Crippen molar-refractivity contribution in [3.8, 4) is 11.5 Å². The Bertz CT molecular complexity index is 998. The molecule has 1 N–H and O–H groups in total. The van der Waals surface area contributed by atoms with Crippen molar-refractivity contribution in [1.82, 2.24) is 10.2 Å². The molecule has 1 atom stereocenters. The molecule has 1 saturated carbocycles. The van der Waals surface area contributed by atoms with Crippen LogP contribution in [0.25, 0.3) is 0 Å². The van der Waals surface area contributed by atoms with Gasteiger partial charge in [-0.2, -0.15) is 0 Å². The van der Waals surface area contributed by atoms with Gasteiger partial charge >= 0.3 is 0 Å². The van der Waals surface area contributed by atoms with Gasteiger partial charge in [0.2, 0.25) is 5.91 Å². The highest BCUT2D eigenvalue weighted by molar-refractivity contribution is 5.88. The van der Waals surface area contributed by atoms with Gasteiger partial charge in [0, 0.05) is 12.6 Å². The highest BCUT2D eigenvalue weighted by atomic mass is 16.5. The Morgan fingerprint density at radius 3 is 2.53 bits per heavy atom. The fourth-order valence-corrected chi connectivity index (χ4v) is 4.63. The second-order valence-corrected chi connectivity index (χ2v) is 9.28. The van der Waals surface area contributed by atoms with Crippen LogP contribution in [0.4, 0.5) is 0 Å². The summed E-state index contributed by atoms with van der Waals surface area (Å²) in [7, 11) is 1.62. The van der Waals surface area contributed by atoms with Gasteiger partial charge in [-0.3, -0.25) is 9.59 Å². The third-order valence-corrected chi connectivity index (χ3v) is 6.69. The number of hydrogen-bond acceptors (Lipinski definition) is 4. The van der Waals surface area contributed by atoms with E-state index >= 15 is 0 Å². The van der Waals surface area contributed by atoms with Gasteiger partial charge in [-0.1, -0.05) is 38.0 Å². The Balaban J connectivity index is 1.81. The van der Waals surface area contributed by atoms with Gasteiger partial charge in [0.1, 0.15) is 17.5 Å². The van der Waals surface area contributed by atoms with E-state index in [0.717, 1.165) is 53.7 Å². The van der Waals surface area contributed by atoms with Crippen molar-refractivity contribution < 1.29 is 19.1 Å². The maximum atomic E-state index is 13.5. The summed E-state index contributed by atoms with van der Waals surface area (Å²) in [5.41, 5.74) is 4.13. The first-order valence-corrected chi connectivity index (χ1v) is 12.3. The lowest BCUT2D eigenvalue weighted by atomic mass is 10.1. The Hall–Kier alpha value is -3.02. The van der Waals surface area contributed by atoms with Crippen LogP contribution in [0.5, 0.6) is 11.5 Å². The third-order valence-electron chi connectivity index (χ3n) is 6.69. The van der Waals surface area contributed by atoms with E-state index in [0.29, 0.717) is 18.7 Å². The van der Waals surface area contributed by atoms with Gasteiger partial charge < -0.3 is 19.7 Å². The molecule has 0 heterocycles. The minimum Gasteiger partial charge on any atom is -0.497 e. The average molecular weight is 467 g/mol. The molecule has 1 aliphatic carbocycles. The molecule has 184 valence electrons. The van der Waals surface area contributed by atoms with Crippen molar-refractivity contribution in [1.29, 1.82) is 0 Å². The number of carbonyl (C=O) groups is 2. The van der Waals surface area contributed by atoms with Gasteiger partial charge in [0.25, 0.3) is 5.91 Å². The molecule has 1 fully saturated rings. The fourth-order valence-electron chi connectivity index (χ4n) is 4.63. The minimum atomic E-state index is -0.566. The van der Waals surface area contributed by atoms with Crippen molar-refractivity contribution in [3.63, 3.8) is 0 Å². The van der Waals surface area contributed by atoms with Crippen LogP contribution in [0, 0.1) is 20.8 Å². The number of hydrogen-bond donors (Lipinski definition) is 1. The predicted octanol–water partition coefficient (Wildman–Crippen LogP) is 4.87. The van der Waals surface area contributed by atoms with Crippen LogP contribution in [0.15, 0.2) is 36.4 Å². The van der Waals surface area contributed by atoms with Crippen LogP contribution in [-0.4, -0.2) is 42.5 Å². The molecule has 6 heteroatoms. The smallest absolute Gasteiger partial charge is 0.261 e. The number of amides is 2. The Labute approximate surface area is 203 Å². The molecule has 2 aromatic carbocycles. The number of nitrogens with zero attached hydrogens (tertiary/aromatic N) is 1. The minimum absolute atomic E-state index is 0.0896. The first kappa shape index (κ1) is 25.6. The Morgan fingerprint density at radius 2 is 1.85 bits per heavy atom. The molecule has 3 rings (SSSR count). The molecular weight excluding hydrogens is 428 g/mol. The SMILES string of the molecule is CCC(C(=O)NC1CCCC1)N(Cc1cccc(OC)c1)C(=O)COc1cc(C)cc(C)c1C. The standard InChI is InChI=1S/C28H38N2O4/c1-6-25(28(32)29-23-11-7-8-12-23)30(17-22-10-9-13-24(16-22)33-5)27(31)18-34-26-15-19(2)14-20(3)21(26)4/h9-10,13-16,23,25H,6-8,11-12,17-18H2,1-5H3,(H,29,32). The lowest BCUT2D eigenvalue weighted by Crippen LogP contribution is -2.52. The quantitative estimate of drug-likeness (QED) is 0.543. The summed E-state index contributed by atoms with van der Waals surface area (Å²) in [4.78, 5) is 28.4. The zero-order valence-corrected chi connectivity index (χ0v) is 21.1. The highest BCUT2D eigenvalue weighted by Crippen LogP contribution is 2.24. The van der Waals surface area contributed by atoms with Gasteiger partial charge in [-0.15, -0.1) is 0 Å². The van der Waals surface area contributed by atoms with Crippen LogP contribution in [0.1, 0.15) is 61.3 Å². The fraction of sp³-hybridized carbons (Fsp3) is 0.500. The monoisotopic (exact) mass is 466 g/mol. The zero-order chi connectivity index (χ0) is 24.7. The van der Waals surface area contributed by atoms with E-state index in [2.05, 4.69) is 11.4 Å². The van der Waals surface area contributed by atoms with Crippen molar-refractivity contribution in [3.05, 3.63) is 58.7 Å². The third kappa shape index (κ3) is 6.52. The van der Waals surface area contributed by atoms with Crippen molar-refractivity contribution in [2.24, 2.45) is 0 Å². The summed E-state index contributed by atoms with van der Waals surface area (Å²) in [6.45, 7) is 8.16. The van der Waals surface area contributed by atoms with Crippen LogP contribution in [0.3, 0.4) is 0 Å². The second kappa shape index (κ2) is 11.9. The summed E-state index contributed by atoms with van der Waals surface area (Å²) in [6.07, 6.45) is 4.80. The van der Waals surface area contributed by atoms with Gasteiger partial charge in [-0.05, 0) is 80.5 Å². The summed E-state index contributed by atoms with van der Waals surface area (Å²) in [5, 5.41) is 3.17. The second-order valence-electron chi connectivity index (χ2n) is 9.28. The maximum absolute atomic E-state index is 13.5. The molecule has 0 spiro atoms. The predicted molar refractivity (Wildman–Crippen MR) is 134 cm³/mol. The molecule has 2 amide bonds. The van der Waals surface area contributed by atoms with E-state index in [-0.39, 0.29) is 24.5 Å². The molecular formula is C28H38N2O4.